The van der Waals surface area contributed by atoms with Crippen LogP contribution >= 0.6 is 27.5 Å². The molecule has 19 heavy (non-hydrogen) atoms. The van der Waals surface area contributed by atoms with Gasteiger partial charge in [-0.2, -0.15) is 4.31 Å². The van der Waals surface area contributed by atoms with E-state index in [0.29, 0.717) is 29.0 Å². The first kappa shape index (κ1) is 15.3. The molecule has 0 saturated carbocycles. The summed E-state index contributed by atoms with van der Waals surface area (Å²) in [5.41, 5.74) is 0. The predicted octanol–water partition coefficient (Wildman–Crippen LogP) is 2.50. The fraction of sp³-hybridized carbons (Fsp3) is 0.500. The Morgan fingerprint density at radius 3 is 2.84 bits per heavy atom. The van der Waals surface area contributed by atoms with Crippen LogP contribution < -0.4 is 0 Å². The molecule has 106 valence electrons. The second-order valence-corrected chi connectivity index (χ2v) is 7.81. The van der Waals surface area contributed by atoms with Gasteiger partial charge in [-0.3, -0.25) is 0 Å². The minimum atomic E-state index is -3.47. The molecule has 1 heterocycles. The van der Waals surface area contributed by atoms with Gasteiger partial charge in [0.25, 0.3) is 0 Å². The van der Waals surface area contributed by atoms with Gasteiger partial charge in [-0.15, -0.1) is 0 Å². The summed E-state index contributed by atoms with van der Waals surface area (Å²) in [5, 5.41) is 9.40. The zero-order valence-electron chi connectivity index (χ0n) is 10.2. The highest BCUT2D eigenvalue weighted by Gasteiger charge is 2.32. The first-order valence-corrected chi connectivity index (χ1v) is 8.62. The van der Waals surface area contributed by atoms with Gasteiger partial charge in [-0.1, -0.05) is 11.6 Å². The van der Waals surface area contributed by atoms with Gasteiger partial charge in [0.1, 0.15) is 0 Å². The predicted molar refractivity (Wildman–Crippen MR) is 77.7 cm³/mol. The average Bonchev–Trinajstić information content (AvgIpc) is 2.82. The first-order chi connectivity index (χ1) is 8.95. The molecule has 1 aromatic rings. The summed E-state index contributed by atoms with van der Waals surface area (Å²) in [6, 6.07) is 4.61. The highest BCUT2D eigenvalue weighted by atomic mass is 79.9. The van der Waals surface area contributed by atoms with Crippen LogP contribution in [0.25, 0.3) is 0 Å². The smallest absolute Gasteiger partial charge is 0.243 e. The number of sulfonamides is 1. The lowest BCUT2D eigenvalue weighted by molar-refractivity contribution is 0.259. The van der Waals surface area contributed by atoms with E-state index in [0.717, 1.165) is 6.42 Å². The molecular formula is C12H15BrClNO3S. The molecule has 1 fully saturated rings. The Kier molecular flexibility index (Phi) is 4.89. The van der Waals surface area contributed by atoms with E-state index >= 15 is 0 Å². The minimum absolute atomic E-state index is 0.102. The number of aliphatic hydroxyl groups excluding tert-OH is 1. The maximum atomic E-state index is 12.4. The second kappa shape index (κ2) is 6.10. The Balaban J connectivity index is 2.21. The molecule has 1 saturated heterocycles. The van der Waals surface area contributed by atoms with Crippen LogP contribution in [0.3, 0.4) is 0 Å². The van der Waals surface area contributed by atoms with Crippen LogP contribution in [0.2, 0.25) is 5.02 Å². The number of nitrogens with zero attached hydrogens (tertiary/aromatic N) is 1. The lowest BCUT2D eigenvalue weighted by atomic mass is 10.1. The fourth-order valence-corrected chi connectivity index (χ4v) is 4.43. The molecule has 1 N–H and O–H groups in total. The summed E-state index contributed by atoms with van der Waals surface area (Å²) in [5.74, 6) is 0.246. The van der Waals surface area contributed by atoms with Gasteiger partial charge in [0.05, 0.1) is 9.92 Å². The number of hydrogen-bond donors (Lipinski definition) is 1. The van der Waals surface area contributed by atoms with E-state index in [-0.39, 0.29) is 17.4 Å². The molecule has 0 radical (unpaired) electrons. The van der Waals surface area contributed by atoms with Crippen LogP contribution in [0, 0.1) is 5.92 Å². The number of hydrogen-bond acceptors (Lipinski definition) is 3. The van der Waals surface area contributed by atoms with Crippen LogP contribution in [0.4, 0.5) is 0 Å². The van der Waals surface area contributed by atoms with Gasteiger partial charge in [-0.05, 0) is 52.9 Å². The van der Waals surface area contributed by atoms with Crippen molar-refractivity contribution in [1.82, 2.24) is 4.31 Å². The van der Waals surface area contributed by atoms with Gasteiger partial charge in [0.15, 0.2) is 0 Å². The molecule has 7 heteroatoms. The second-order valence-electron chi connectivity index (χ2n) is 4.61. The van der Waals surface area contributed by atoms with Gasteiger partial charge in [-0.25, -0.2) is 8.42 Å². The molecule has 0 aliphatic carbocycles. The number of rotatable bonds is 4. The molecule has 4 nitrogen and oxygen atoms in total. The standard InChI is InChI=1S/C12H15BrClNO3S/c13-11-7-10(1-2-12(11)14)19(17,18)15-5-3-9(8-15)4-6-16/h1-2,7,9,16H,3-6,8H2. The highest BCUT2D eigenvalue weighted by molar-refractivity contribution is 9.10. The molecule has 1 aromatic carbocycles. The quantitative estimate of drug-likeness (QED) is 0.888. The van der Waals surface area contributed by atoms with E-state index in [9.17, 15) is 8.42 Å². The maximum Gasteiger partial charge on any atom is 0.243 e. The molecule has 1 aliphatic heterocycles. The molecule has 0 amide bonds. The molecular weight excluding hydrogens is 354 g/mol. The van der Waals surface area contributed by atoms with Crippen LogP contribution in [0.1, 0.15) is 12.8 Å². The summed E-state index contributed by atoms with van der Waals surface area (Å²) >= 11 is 9.11. The van der Waals surface area contributed by atoms with E-state index in [1.54, 1.807) is 6.07 Å². The zero-order valence-corrected chi connectivity index (χ0v) is 13.4. The molecule has 0 spiro atoms. The third-order valence-corrected chi connectivity index (χ3v) is 6.39. The van der Waals surface area contributed by atoms with Crippen molar-refractivity contribution in [3.8, 4) is 0 Å². The van der Waals surface area contributed by atoms with Crippen LogP contribution in [-0.4, -0.2) is 37.5 Å². The lowest BCUT2D eigenvalue weighted by Gasteiger charge is -2.17. The van der Waals surface area contributed by atoms with Gasteiger partial charge >= 0.3 is 0 Å². The number of halogens is 2. The van der Waals surface area contributed by atoms with Crippen molar-refractivity contribution in [2.45, 2.75) is 17.7 Å². The Morgan fingerprint density at radius 1 is 1.47 bits per heavy atom. The number of benzene rings is 1. The Bertz CT molecular complexity index is 564. The van der Waals surface area contributed by atoms with E-state index in [1.165, 1.54) is 16.4 Å². The fourth-order valence-electron chi connectivity index (χ4n) is 2.22. The average molecular weight is 369 g/mol. The Hall–Kier alpha value is -0.140. The van der Waals surface area contributed by atoms with Crippen molar-refractivity contribution in [3.63, 3.8) is 0 Å². The van der Waals surface area contributed by atoms with Crippen molar-refractivity contribution in [1.29, 1.82) is 0 Å². The Morgan fingerprint density at radius 2 is 2.21 bits per heavy atom. The molecule has 0 bridgehead atoms. The van der Waals surface area contributed by atoms with Crippen molar-refractivity contribution < 1.29 is 13.5 Å². The molecule has 0 aromatic heterocycles. The lowest BCUT2D eigenvalue weighted by Crippen LogP contribution is -2.29. The molecule has 1 atom stereocenters. The largest absolute Gasteiger partial charge is 0.396 e. The molecule has 1 unspecified atom stereocenters. The van der Waals surface area contributed by atoms with Gasteiger partial charge in [0.2, 0.25) is 10.0 Å². The zero-order chi connectivity index (χ0) is 14.0. The van der Waals surface area contributed by atoms with Crippen molar-refractivity contribution in [2.75, 3.05) is 19.7 Å². The molecule has 1 aliphatic rings. The first-order valence-electron chi connectivity index (χ1n) is 6.01. The summed E-state index contributed by atoms with van der Waals surface area (Å²) in [6.45, 7) is 1.08. The van der Waals surface area contributed by atoms with Crippen LogP contribution in [0.5, 0.6) is 0 Å². The van der Waals surface area contributed by atoms with E-state index in [1.807, 2.05) is 0 Å². The van der Waals surface area contributed by atoms with Crippen LogP contribution in [-0.2, 0) is 10.0 Å². The Labute approximate surface area is 126 Å². The van der Waals surface area contributed by atoms with E-state index in [4.69, 9.17) is 16.7 Å². The highest BCUT2D eigenvalue weighted by Crippen LogP contribution is 2.30. The topological polar surface area (TPSA) is 57.6 Å². The normalized spacial score (nSPS) is 20.9. The summed E-state index contributed by atoms with van der Waals surface area (Å²) in [6.07, 6.45) is 1.45. The monoisotopic (exact) mass is 367 g/mol. The van der Waals surface area contributed by atoms with Gasteiger partial charge in [0, 0.05) is 24.2 Å². The summed E-state index contributed by atoms with van der Waals surface area (Å²) < 4.78 is 26.9. The van der Waals surface area contributed by atoms with E-state index in [2.05, 4.69) is 15.9 Å². The number of aliphatic hydroxyl groups is 1. The molecule has 2 rings (SSSR count). The summed E-state index contributed by atoms with van der Waals surface area (Å²) in [4.78, 5) is 0.244. The summed E-state index contributed by atoms with van der Waals surface area (Å²) in [7, 11) is -3.47. The SMILES string of the molecule is O=S(=O)(c1ccc(Cl)c(Br)c1)N1CCC(CCO)C1. The van der Waals surface area contributed by atoms with Crippen LogP contribution in [0.15, 0.2) is 27.6 Å². The third kappa shape index (κ3) is 3.31. The van der Waals surface area contributed by atoms with Crippen molar-refractivity contribution >= 4 is 37.6 Å². The van der Waals surface area contributed by atoms with Crippen molar-refractivity contribution in [2.24, 2.45) is 5.92 Å². The minimum Gasteiger partial charge on any atom is -0.396 e. The third-order valence-electron chi connectivity index (χ3n) is 3.31. The van der Waals surface area contributed by atoms with Gasteiger partial charge < -0.3 is 5.11 Å². The van der Waals surface area contributed by atoms with E-state index < -0.39 is 10.0 Å². The van der Waals surface area contributed by atoms with Crippen molar-refractivity contribution in [3.05, 3.63) is 27.7 Å². The maximum absolute atomic E-state index is 12.4.